The van der Waals surface area contributed by atoms with Crippen LogP contribution in [0.5, 0.6) is 0 Å². The predicted octanol–water partition coefficient (Wildman–Crippen LogP) is 1.10. The van der Waals surface area contributed by atoms with Crippen LogP contribution in [0.15, 0.2) is 24.3 Å². The van der Waals surface area contributed by atoms with Gasteiger partial charge in [0.05, 0.1) is 19.1 Å². The Morgan fingerprint density at radius 2 is 1.90 bits per heavy atom. The van der Waals surface area contributed by atoms with Crippen molar-refractivity contribution < 1.29 is 24.2 Å². The second kappa shape index (κ2) is 8.93. The van der Waals surface area contributed by atoms with Crippen molar-refractivity contribution in [1.29, 1.82) is 0 Å². The molecule has 1 atom stereocenters. The summed E-state index contributed by atoms with van der Waals surface area (Å²) in [6.07, 6.45) is -0.252. The normalized spacial score (nSPS) is 11.7. The molecule has 0 aliphatic heterocycles. The number of nitrogens with one attached hydrogen (secondary N) is 2. The van der Waals surface area contributed by atoms with Gasteiger partial charge < -0.3 is 25.2 Å². The Morgan fingerprint density at radius 1 is 1.24 bits per heavy atom. The molecule has 116 valence electrons. The van der Waals surface area contributed by atoms with Crippen LogP contribution in [-0.2, 0) is 20.7 Å². The van der Waals surface area contributed by atoms with Crippen LogP contribution >= 0.6 is 0 Å². The molecule has 0 aromatic heterocycles. The second-order valence-electron chi connectivity index (χ2n) is 4.42. The van der Waals surface area contributed by atoms with Crippen LogP contribution in [0, 0.1) is 0 Å². The summed E-state index contributed by atoms with van der Waals surface area (Å²) in [7, 11) is 3.11. The molecule has 0 aliphatic rings. The van der Waals surface area contributed by atoms with Gasteiger partial charge >= 0.3 is 12.0 Å². The van der Waals surface area contributed by atoms with Crippen LogP contribution in [0.2, 0.25) is 0 Å². The van der Waals surface area contributed by atoms with E-state index in [1.54, 1.807) is 38.5 Å². The highest BCUT2D eigenvalue weighted by Gasteiger charge is 2.09. The molecule has 7 heteroatoms. The van der Waals surface area contributed by atoms with Crippen molar-refractivity contribution in [1.82, 2.24) is 5.32 Å². The van der Waals surface area contributed by atoms with E-state index < -0.39 is 5.97 Å². The molecule has 0 saturated heterocycles. The van der Waals surface area contributed by atoms with Crippen LogP contribution in [-0.4, -0.2) is 50.6 Å². The fourth-order valence-corrected chi connectivity index (χ4v) is 1.66. The molecule has 3 N–H and O–H groups in total. The highest BCUT2D eigenvalue weighted by molar-refractivity contribution is 5.89. The topological polar surface area (TPSA) is 96.9 Å². The van der Waals surface area contributed by atoms with Crippen molar-refractivity contribution in [3.63, 3.8) is 0 Å². The molecule has 0 aliphatic carbocycles. The third-order valence-electron chi connectivity index (χ3n) is 2.74. The first-order chi connectivity index (χ1) is 10.0. The lowest BCUT2D eigenvalue weighted by Crippen LogP contribution is -2.37. The first-order valence-corrected chi connectivity index (χ1v) is 6.42. The minimum Gasteiger partial charge on any atom is -0.481 e. The molecule has 0 spiro atoms. The number of aliphatic carboxylic acids is 1. The maximum absolute atomic E-state index is 11.7. The van der Waals surface area contributed by atoms with Gasteiger partial charge in [0.1, 0.15) is 0 Å². The summed E-state index contributed by atoms with van der Waals surface area (Å²) in [4.78, 5) is 22.2. The molecule has 0 fully saturated rings. The number of urea groups is 1. The van der Waals surface area contributed by atoms with Crippen LogP contribution in [0.3, 0.4) is 0 Å². The second-order valence-corrected chi connectivity index (χ2v) is 4.42. The number of methoxy groups -OCH3 is 2. The molecule has 0 bridgehead atoms. The molecule has 21 heavy (non-hydrogen) atoms. The largest absolute Gasteiger partial charge is 0.481 e. The molecule has 1 unspecified atom stereocenters. The Bertz CT molecular complexity index is 461. The van der Waals surface area contributed by atoms with E-state index in [1.807, 2.05) is 0 Å². The molecule has 0 saturated carbocycles. The van der Waals surface area contributed by atoms with Crippen molar-refractivity contribution >= 4 is 17.7 Å². The quantitative estimate of drug-likeness (QED) is 0.667. The van der Waals surface area contributed by atoms with Gasteiger partial charge in [-0.1, -0.05) is 12.1 Å². The lowest BCUT2D eigenvalue weighted by Gasteiger charge is -2.15. The molecule has 1 rings (SSSR count). The Kier molecular flexibility index (Phi) is 7.20. The predicted molar refractivity (Wildman–Crippen MR) is 77.5 cm³/mol. The molecule has 1 aromatic rings. The zero-order valence-corrected chi connectivity index (χ0v) is 12.1. The van der Waals surface area contributed by atoms with Crippen LogP contribution in [0.1, 0.15) is 5.56 Å². The standard InChI is InChI=1S/C14H20N2O5/c1-20-9-12(21-2)8-15-14(19)16-11-5-3-10(4-6-11)7-13(17)18/h3-6,12H,7-9H2,1-2H3,(H,17,18)(H2,15,16,19). The maximum Gasteiger partial charge on any atom is 0.319 e. The van der Waals surface area contributed by atoms with Gasteiger partial charge in [0, 0.05) is 26.5 Å². The number of carbonyl (C=O) groups is 2. The zero-order valence-electron chi connectivity index (χ0n) is 12.1. The number of carboxylic acids is 1. The van der Waals surface area contributed by atoms with Gasteiger partial charge in [0.25, 0.3) is 0 Å². The van der Waals surface area contributed by atoms with Crippen LogP contribution in [0.25, 0.3) is 0 Å². The Balaban J connectivity index is 2.42. The minimum atomic E-state index is -0.891. The lowest BCUT2D eigenvalue weighted by molar-refractivity contribution is -0.136. The number of hydrogen-bond acceptors (Lipinski definition) is 4. The number of hydrogen-bond donors (Lipinski definition) is 3. The summed E-state index contributed by atoms with van der Waals surface area (Å²) in [5.74, 6) is -0.891. The Hall–Kier alpha value is -2.12. The fraction of sp³-hybridized carbons (Fsp3) is 0.429. The maximum atomic E-state index is 11.7. The van der Waals surface area contributed by atoms with Crippen molar-refractivity contribution in [3.8, 4) is 0 Å². The number of benzene rings is 1. The van der Waals surface area contributed by atoms with Gasteiger partial charge in [0.2, 0.25) is 0 Å². The lowest BCUT2D eigenvalue weighted by atomic mass is 10.1. The Labute approximate surface area is 123 Å². The number of anilines is 1. The molecular weight excluding hydrogens is 276 g/mol. The van der Waals surface area contributed by atoms with Crippen LogP contribution < -0.4 is 10.6 Å². The van der Waals surface area contributed by atoms with E-state index >= 15 is 0 Å². The van der Waals surface area contributed by atoms with Gasteiger partial charge in [-0.2, -0.15) is 0 Å². The average molecular weight is 296 g/mol. The first-order valence-electron chi connectivity index (χ1n) is 6.42. The van der Waals surface area contributed by atoms with E-state index in [9.17, 15) is 9.59 Å². The van der Waals surface area contributed by atoms with Gasteiger partial charge in [0.15, 0.2) is 0 Å². The van der Waals surface area contributed by atoms with Crippen molar-refractivity contribution in [3.05, 3.63) is 29.8 Å². The molecule has 0 radical (unpaired) electrons. The third-order valence-corrected chi connectivity index (χ3v) is 2.74. The third kappa shape index (κ3) is 6.73. The number of carboxylic acid groups (broad SMARTS) is 1. The molecular formula is C14H20N2O5. The van der Waals surface area contributed by atoms with E-state index in [-0.39, 0.29) is 18.6 Å². The number of rotatable bonds is 8. The number of ether oxygens (including phenoxy) is 2. The summed E-state index contributed by atoms with van der Waals surface area (Å²) >= 11 is 0. The van der Waals surface area contributed by atoms with E-state index in [1.165, 1.54) is 0 Å². The minimum absolute atomic E-state index is 0.0426. The van der Waals surface area contributed by atoms with Gasteiger partial charge in [-0.25, -0.2) is 4.79 Å². The molecule has 2 amide bonds. The molecule has 7 nitrogen and oxygen atoms in total. The Morgan fingerprint density at radius 3 is 2.43 bits per heavy atom. The highest BCUT2D eigenvalue weighted by Crippen LogP contribution is 2.09. The van der Waals surface area contributed by atoms with Crippen LogP contribution in [0.4, 0.5) is 10.5 Å². The molecule has 0 heterocycles. The van der Waals surface area contributed by atoms with Gasteiger partial charge in [-0.05, 0) is 17.7 Å². The first kappa shape index (κ1) is 16.9. The summed E-state index contributed by atoms with van der Waals surface area (Å²) < 4.78 is 10.1. The van der Waals surface area contributed by atoms with Gasteiger partial charge in [-0.3, -0.25) is 4.79 Å². The zero-order chi connectivity index (χ0) is 15.7. The van der Waals surface area contributed by atoms with E-state index in [0.717, 1.165) is 0 Å². The number of carbonyl (C=O) groups excluding carboxylic acids is 1. The van der Waals surface area contributed by atoms with Crippen molar-refractivity contribution in [2.75, 3.05) is 32.7 Å². The van der Waals surface area contributed by atoms with Crippen molar-refractivity contribution in [2.45, 2.75) is 12.5 Å². The van der Waals surface area contributed by atoms with E-state index in [0.29, 0.717) is 24.4 Å². The SMILES string of the molecule is COCC(CNC(=O)Nc1ccc(CC(=O)O)cc1)OC. The van der Waals surface area contributed by atoms with E-state index in [2.05, 4.69) is 10.6 Å². The smallest absolute Gasteiger partial charge is 0.319 e. The van der Waals surface area contributed by atoms with Crippen molar-refractivity contribution in [2.24, 2.45) is 0 Å². The van der Waals surface area contributed by atoms with E-state index in [4.69, 9.17) is 14.6 Å². The number of amides is 2. The summed E-state index contributed by atoms with van der Waals surface area (Å²) in [5, 5.41) is 14.0. The van der Waals surface area contributed by atoms with Gasteiger partial charge in [-0.15, -0.1) is 0 Å². The fourth-order valence-electron chi connectivity index (χ4n) is 1.66. The summed E-state index contributed by atoms with van der Waals surface area (Å²) in [6, 6.07) is 6.26. The highest BCUT2D eigenvalue weighted by atomic mass is 16.5. The average Bonchev–Trinajstić information content (AvgIpc) is 2.45. The summed E-state index contributed by atoms with van der Waals surface area (Å²) in [6.45, 7) is 0.716. The summed E-state index contributed by atoms with van der Waals surface area (Å²) in [5.41, 5.74) is 1.26. The monoisotopic (exact) mass is 296 g/mol. The molecule has 1 aromatic carbocycles.